The molecule has 0 aliphatic heterocycles. The summed E-state index contributed by atoms with van der Waals surface area (Å²) in [6.45, 7) is 0. The first-order valence-electron chi connectivity index (χ1n) is 4.41. The largest absolute Gasteiger partial charge is 0.481 e. The quantitative estimate of drug-likeness (QED) is 0.677. The fraction of sp³-hybridized carbons (Fsp3) is 0.300. The van der Waals surface area contributed by atoms with Gasteiger partial charge in [0.25, 0.3) is 0 Å². The van der Waals surface area contributed by atoms with E-state index in [0.29, 0.717) is 10.6 Å². The first kappa shape index (κ1) is 12.0. The van der Waals surface area contributed by atoms with Crippen LogP contribution < -0.4 is 5.73 Å². The van der Waals surface area contributed by atoms with Crippen LogP contribution in [0.2, 0.25) is 5.02 Å². The van der Waals surface area contributed by atoms with Crippen LogP contribution in [0, 0.1) is 0 Å². The van der Waals surface area contributed by atoms with Crippen molar-refractivity contribution in [2.75, 3.05) is 0 Å². The number of rotatable bonds is 4. The lowest BCUT2D eigenvalue weighted by Crippen LogP contribution is -2.29. The second-order valence-corrected chi connectivity index (χ2v) is 3.68. The summed E-state index contributed by atoms with van der Waals surface area (Å²) in [5, 5.41) is 18.5. The summed E-state index contributed by atoms with van der Waals surface area (Å²) in [4.78, 5) is 10.6. The second-order valence-electron chi connectivity index (χ2n) is 3.25. The molecule has 0 bridgehead atoms. The van der Waals surface area contributed by atoms with Crippen molar-refractivity contribution in [3.05, 3.63) is 34.9 Å². The van der Waals surface area contributed by atoms with Crippen LogP contribution in [-0.2, 0) is 4.79 Å². The molecule has 2 unspecified atom stereocenters. The average molecular weight is 230 g/mol. The van der Waals surface area contributed by atoms with E-state index < -0.39 is 18.1 Å². The Balaban J connectivity index is 2.88. The van der Waals surface area contributed by atoms with Crippen molar-refractivity contribution in [2.45, 2.75) is 18.6 Å². The van der Waals surface area contributed by atoms with Crippen LogP contribution in [0.4, 0.5) is 0 Å². The lowest BCUT2D eigenvalue weighted by Gasteiger charge is -2.18. The van der Waals surface area contributed by atoms with Gasteiger partial charge in [-0.05, 0) is 17.7 Å². The molecule has 2 atom stereocenters. The Morgan fingerprint density at radius 3 is 2.33 bits per heavy atom. The number of halogens is 1. The van der Waals surface area contributed by atoms with Crippen molar-refractivity contribution in [3.8, 4) is 0 Å². The van der Waals surface area contributed by atoms with Gasteiger partial charge in [-0.1, -0.05) is 23.7 Å². The number of aliphatic carboxylic acids is 1. The molecule has 15 heavy (non-hydrogen) atoms. The molecule has 4 N–H and O–H groups in total. The Kier molecular flexibility index (Phi) is 4.08. The van der Waals surface area contributed by atoms with Gasteiger partial charge in [-0.3, -0.25) is 4.79 Å². The molecule has 82 valence electrons. The summed E-state index contributed by atoms with van der Waals surface area (Å²) in [6.07, 6.45) is -1.40. The number of carboxylic acid groups (broad SMARTS) is 1. The van der Waals surface area contributed by atoms with Gasteiger partial charge in [-0.25, -0.2) is 0 Å². The van der Waals surface area contributed by atoms with Crippen LogP contribution in [0.5, 0.6) is 0 Å². The zero-order valence-corrected chi connectivity index (χ0v) is 8.69. The minimum absolute atomic E-state index is 0.209. The third-order valence-corrected chi connectivity index (χ3v) is 2.36. The molecular formula is C10H12ClNO3. The van der Waals surface area contributed by atoms with Crippen molar-refractivity contribution in [1.29, 1.82) is 0 Å². The lowest BCUT2D eigenvalue weighted by atomic mass is 9.94. The van der Waals surface area contributed by atoms with Crippen LogP contribution in [0.3, 0.4) is 0 Å². The zero-order valence-electron chi connectivity index (χ0n) is 7.93. The molecule has 0 saturated carbocycles. The maximum atomic E-state index is 10.6. The Hall–Kier alpha value is -1.10. The molecule has 1 aromatic rings. The lowest BCUT2D eigenvalue weighted by molar-refractivity contribution is -0.138. The van der Waals surface area contributed by atoms with E-state index in [-0.39, 0.29) is 6.42 Å². The van der Waals surface area contributed by atoms with Crippen LogP contribution in [-0.4, -0.2) is 22.4 Å². The molecule has 0 fully saturated rings. The number of carbonyl (C=O) groups is 1. The monoisotopic (exact) mass is 229 g/mol. The van der Waals surface area contributed by atoms with Gasteiger partial charge in [0, 0.05) is 10.9 Å². The number of hydrogen-bond acceptors (Lipinski definition) is 3. The van der Waals surface area contributed by atoms with Crippen molar-refractivity contribution in [1.82, 2.24) is 0 Å². The van der Waals surface area contributed by atoms with Crippen LogP contribution in [0.15, 0.2) is 24.3 Å². The number of aliphatic hydroxyl groups is 1. The molecule has 0 aliphatic carbocycles. The molecule has 0 aliphatic rings. The topological polar surface area (TPSA) is 83.5 Å². The van der Waals surface area contributed by atoms with Gasteiger partial charge < -0.3 is 15.9 Å². The molecule has 5 heteroatoms. The smallest absolute Gasteiger partial charge is 0.304 e. The second kappa shape index (κ2) is 5.11. The molecule has 1 aromatic carbocycles. The summed E-state index contributed by atoms with van der Waals surface area (Å²) in [5.41, 5.74) is 5.98. The Morgan fingerprint density at radius 1 is 1.40 bits per heavy atom. The summed E-state index contributed by atoms with van der Waals surface area (Å²) < 4.78 is 0. The third-order valence-electron chi connectivity index (χ3n) is 2.10. The Morgan fingerprint density at radius 2 is 1.93 bits per heavy atom. The van der Waals surface area contributed by atoms with E-state index in [1.807, 2.05) is 0 Å². The van der Waals surface area contributed by atoms with Gasteiger partial charge in [0.2, 0.25) is 0 Å². The highest BCUT2D eigenvalue weighted by molar-refractivity contribution is 6.30. The third kappa shape index (κ3) is 3.51. The summed E-state index contributed by atoms with van der Waals surface area (Å²) in [7, 11) is 0. The number of aliphatic hydroxyl groups excluding tert-OH is 1. The minimum atomic E-state index is -1.19. The van der Waals surface area contributed by atoms with E-state index in [1.54, 1.807) is 24.3 Å². The van der Waals surface area contributed by atoms with E-state index in [1.165, 1.54) is 0 Å². The first-order valence-corrected chi connectivity index (χ1v) is 4.79. The molecule has 4 nitrogen and oxygen atoms in total. The van der Waals surface area contributed by atoms with Gasteiger partial charge in [-0.15, -0.1) is 0 Å². The molecular weight excluding hydrogens is 218 g/mol. The highest BCUT2D eigenvalue weighted by Crippen LogP contribution is 2.23. The fourth-order valence-electron chi connectivity index (χ4n) is 1.33. The van der Waals surface area contributed by atoms with Gasteiger partial charge in [0.05, 0.1) is 6.42 Å². The maximum Gasteiger partial charge on any atom is 0.304 e. The van der Waals surface area contributed by atoms with E-state index in [4.69, 9.17) is 22.4 Å². The van der Waals surface area contributed by atoms with Gasteiger partial charge in [0.15, 0.2) is 0 Å². The molecule has 1 rings (SSSR count). The Labute approximate surface area is 92.3 Å². The predicted molar refractivity (Wildman–Crippen MR) is 56.6 cm³/mol. The summed E-state index contributed by atoms with van der Waals surface area (Å²) in [5.74, 6) is -1.61. The fourth-order valence-corrected chi connectivity index (χ4v) is 1.46. The zero-order chi connectivity index (χ0) is 11.4. The van der Waals surface area contributed by atoms with Gasteiger partial charge >= 0.3 is 5.97 Å². The van der Waals surface area contributed by atoms with Crippen molar-refractivity contribution < 1.29 is 15.0 Å². The average Bonchev–Trinajstić information content (AvgIpc) is 2.15. The van der Waals surface area contributed by atoms with Gasteiger partial charge in [-0.2, -0.15) is 0 Å². The maximum absolute atomic E-state index is 10.6. The molecule has 0 saturated heterocycles. The van der Waals surface area contributed by atoms with E-state index in [9.17, 15) is 9.90 Å². The van der Waals surface area contributed by atoms with Crippen LogP contribution >= 0.6 is 11.6 Å². The summed E-state index contributed by atoms with van der Waals surface area (Å²) >= 11 is 5.69. The van der Waals surface area contributed by atoms with Crippen LogP contribution in [0.1, 0.15) is 17.9 Å². The highest BCUT2D eigenvalue weighted by atomic mass is 35.5. The predicted octanol–water partition coefficient (Wildman–Crippen LogP) is 1.18. The van der Waals surface area contributed by atoms with E-state index >= 15 is 0 Å². The van der Waals surface area contributed by atoms with Crippen molar-refractivity contribution >= 4 is 17.6 Å². The van der Waals surface area contributed by atoms with Crippen molar-refractivity contribution in [2.24, 2.45) is 5.73 Å². The highest BCUT2D eigenvalue weighted by Gasteiger charge is 2.20. The van der Waals surface area contributed by atoms with Crippen molar-refractivity contribution in [3.63, 3.8) is 0 Å². The SMILES string of the molecule is NC(O)C(CC(=O)O)c1ccc(Cl)cc1. The van der Waals surface area contributed by atoms with E-state index in [0.717, 1.165) is 0 Å². The molecule has 0 heterocycles. The number of carboxylic acids is 1. The van der Waals surface area contributed by atoms with E-state index in [2.05, 4.69) is 0 Å². The van der Waals surface area contributed by atoms with Gasteiger partial charge in [0.1, 0.15) is 6.23 Å². The number of hydrogen-bond donors (Lipinski definition) is 3. The standard InChI is InChI=1S/C10H12ClNO3/c11-7-3-1-6(2-4-7)8(10(12)15)5-9(13)14/h1-4,8,10,15H,5,12H2,(H,13,14). The Bertz CT molecular complexity index is 337. The normalized spacial score (nSPS) is 14.6. The first-order chi connectivity index (χ1) is 7.00. The minimum Gasteiger partial charge on any atom is -0.481 e. The van der Waals surface area contributed by atoms with Crippen LogP contribution in [0.25, 0.3) is 0 Å². The number of benzene rings is 1. The molecule has 0 amide bonds. The molecule has 0 aromatic heterocycles. The molecule has 0 spiro atoms. The number of nitrogens with two attached hydrogens (primary N) is 1. The summed E-state index contributed by atoms with van der Waals surface area (Å²) in [6, 6.07) is 6.58. The molecule has 0 radical (unpaired) electrons.